The monoisotopic (exact) mass is 217 g/mol. The van der Waals surface area contributed by atoms with Crippen LogP contribution in [0.2, 0.25) is 0 Å². The topological polar surface area (TPSA) is 77.8 Å². The number of rotatable bonds is 5. The first-order chi connectivity index (χ1) is 6.75. The predicted octanol–water partition coefficient (Wildman–Crippen LogP) is 0.326. The van der Waals surface area contributed by atoms with Crippen LogP contribution in [0.5, 0.6) is 0 Å². The van der Waals surface area contributed by atoms with Crippen molar-refractivity contribution in [1.82, 2.24) is 4.90 Å². The number of aliphatic hydroxyl groups is 1. The van der Waals surface area contributed by atoms with Gasteiger partial charge in [0.1, 0.15) is 5.41 Å². The van der Waals surface area contributed by atoms with E-state index in [0.717, 1.165) is 0 Å². The molecule has 0 spiro atoms. The van der Waals surface area contributed by atoms with Gasteiger partial charge in [-0.15, -0.1) is 0 Å². The lowest BCUT2D eigenvalue weighted by Gasteiger charge is -2.31. The van der Waals surface area contributed by atoms with E-state index in [1.807, 2.05) is 0 Å². The maximum Gasteiger partial charge on any atom is 0.318 e. The number of nitrogens with zero attached hydrogens (tertiary/aromatic N) is 1. The van der Waals surface area contributed by atoms with Crippen LogP contribution in [0.15, 0.2) is 0 Å². The van der Waals surface area contributed by atoms with Gasteiger partial charge in [-0.05, 0) is 27.7 Å². The highest BCUT2D eigenvalue weighted by Crippen LogP contribution is 2.20. The molecule has 15 heavy (non-hydrogen) atoms. The van der Waals surface area contributed by atoms with E-state index < -0.39 is 17.3 Å². The van der Waals surface area contributed by atoms with Gasteiger partial charge in [-0.1, -0.05) is 0 Å². The number of aliphatic carboxylic acids is 1. The normalized spacial score (nSPS) is 11.6. The molecule has 0 aromatic rings. The largest absolute Gasteiger partial charge is 0.480 e. The fourth-order valence-corrected chi connectivity index (χ4v) is 1.15. The van der Waals surface area contributed by atoms with E-state index in [-0.39, 0.29) is 19.2 Å². The third-order valence-electron chi connectivity index (χ3n) is 2.29. The van der Waals surface area contributed by atoms with Gasteiger partial charge >= 0.3 is 5.97 Å². The summed E-state index contributed by atoms with van der Waals surface area (Å²) >= 11 is 0. The molecular formula is C10H19NO4. The Morgan fingerprint density at radius 2 is 1.80 bits per heavy atom. The Morgan fingerprint density at radius 1 is 1.33 bits per heavy atom. The zero-order valence-corrected chi connectivity index (χ0v) is 9.65. The van der Waals surface area contributed by atoms with E-state index in [0.29, 0.717) is 0 Å². The van der Waals surface area contributed by atoms with Crippen LogP contribution in [0.4, 0.5) is 0 Å². The molecule has 0 saturated heterocycles. The lowest BCUT2D eigenvalue weighted by atomic mass is 9.91. The minimum atomic E-state index is -1.44. The molecule has 0 aromatic carbocycles. The fourth-order valence-electron chi connectivity index (χ4n) is 1.15. The fraction of sp³-hybridized carbons (Fsp3) is 0.800. The molecule has 0 aliphatic heterocycles. The van der Waals surface area contributed by atoms with Crippen molar-refractivity contribution < 1.29 is 19.8 Å². The minimum absolute atomic E-state index is 0.122. The van der Waals surface area contributed by atoms with Crippen LogP contribution in [0.1, 0.15) is 27.7 Å². The summed E-state index contributed by atoms with van der Waals surface area (Å²) in [5.41, 5.74) is -1.44. The van der Waals surface area contributed by atoms with E-state index in [2.05, 4.69) is 0 Å². The van der Waals surface area contributed by atoms with Crippen molar-refractivity contribution in [1.29, 1.82) is 0 Å². The number of carboxylic acids is 1. The van der Waals surface area contributed by atoms with Crippen LogP contribution in [0.25, 0.3) is 0 Å². The van der Waals surface area contributed by atoms with E-state index >= 15 is 0 Å². The lowest BCUT2D eigenvalue weighted by Crippen LogP contribution is -2.49. The van der Waals surface area contributed by atoms with Gasteiger partial charge in [0.2, 0.25) is 5.91 Å². The molecule has 0 radical (unpaired) electrons. The van der Waals surface area contributed by atoms with Gasteiger partial charge < -0.3 is 15.1 Å². The van der Waals surface area contributed by atoms with Crippen molar-refractivity contribution in [3.8, 4) is 0 Å². The third kappa shape index (κ3) is 3.20. The van der Waals surface area contributed by atoms with Gasteiger partial charge in [-0.3, -0.25) is 9.59 Å². The SMILES string of the molecule is CC(C)N(CCO)C(=O)C(C)(C)C(=O)O. The summed E-state index contributed by atoms with van der Waals surface area (Å²) < 4.78 is 0. The molecule has 5 heteroatoms. The zero-order chi connectivity index (χ0) is 12.2. The van der Waals surface area contributed by atoms with Crippen molar-refractivity contribution in [3.05, 3.63) is 0 Å². The van der Waals surface area contributed by atoms with Gasteiger partial charge in [-0.25, -0.2) is 0 Å². The number of amides is 1. The van der Waals surface area contributed by atoms with Crippen LogP contribution in [-0.2, 0) is 9.59 Å². The van der Waals surface area contributed by atoms with E-state index in [9.17, 15) is 9.59 Å². The molecular weight excluding hydrogens is 198 g/mol. The van der Waals surface area contributed by atoms with Gasteiger partial charge in [0.05, 0.1) is 6.61 Å². The second-order valence-corrected chi connectivity index (χ2v) is 4.25. The highest BCUT2D eigenvalue weighted by molar-refractivity contribution is 6.01. The molecule has 0 unspecified atom stereocenters. The molecule has 0 bridgehead atoms. The Bertz CT molecular complexity index is 248. The molecule has 5 nitrogen and oxygen atoms in total. The zero-order valence-electron chi connectivity index (χ0n) is 9.65. The Labute approximate surface area is 89.7 Å². The first kappa shape index (κ1) is 13.9. The molecule has 0 aliphatic rings. The van der Waals surface area contributed by atoms with Crippen LogP contribution >= 0.6 is 0 Å². The maximum absolute atomic E-state index is 11.9. The summed E-state index contributed by atoms with van der Waals surface area (Å²) in [6, 6.07) is -0.122. The molecule has 0 fully saturated rings. The van der Waals surface area contributed by atoms with Crippen LogP contribution in [-0.4, -0.2) is 46.2 Å². The predicted molar refractivity (Wildman–Crippen MR) is 55.4 cm³/mol. The van der Waals surface area contributed by atoms with E-state index in [1.165, 1.54) is 18.7 Å². The van der Waals surface area contributed by atoms with Crippen molar-refractivity contribution in [3.63, 3.8) is 0 Å². The summed E-state index contributed by atoms with van der Waals surface area (Å²) in [5.74, 6) is -1.63. The minimum Gasteiger partial charge on any atom is -0.480 e. The van der Waals surface area contributed by atoms with Gasteiger partial charge in [0, 0.05) is 12.6 Å². The first-order valence-electron chi connectivity index (χ1n) is 4.90. The molecule has 0 heterocycles. The molecule has 2 N–H and O–H groups in total. The average Bonchev–Trinajstić information content (AvgIpc) is 2.12. The Kier molecular flexibility index (Phi) is 4.74. The number of carboxylic acid groups (broad SMARTS) is 1. The number of carbonyl (C=O) groups excluding carboxylic acids is 1. The molecule has 0 aliphatic carbocycles. The first-order valence-corrected chi connectivity index (χ1v) is 4.90. The van der Waals surface area contributed by atoms with Crippen molar-refractivity contribution >= 4 is 11.9 Å². The summed E-state index contributed by atoms with van der Waals surface area (Å²) in [7, 11) is 0. The van der Waals surface area contributed by atoms with Crippen LogP contribution in [0, 0.1) is 5.41 Å². The van der Waals surface area contributed by atoms with Crippen LogP contribution < -0.4 is 0 Å². The molecule has 1 amide bonds. The Hall–Kier alpha value is -1.10. The number of aliphatic hydroxyl groups excluding tert-OH is 1. The number of hydrogen-bond acceptors (Lipinski definition) is 3. The lowest BCUT2D eigenvalue weighted by molar-refractivity contribution is -0.159. The third-order valence-corrected chi connectivity index (χ3v) is 2.29. The molecule has 0 saturated carbocycles. The molecule has 0 atom stereocenters. The van der Waals surface area contributed by atoms with E-state index in [4.69, 9.17) is 10.2 Å². The number of hydrogen-bond donors (Lipinski definition) is 2. The van der Waals surface area contributed by atoms with Crippen molar-refractivity contribution in [2.45, 2.75) is 33.7 Å². The van der Waals surface area contributed by atoms with Crippen LogP contribution in [0.3, 0.4) is 0 Å². The molecule has 88 valence electrons. The maximum atomic E-state index is 11.9. The Morgan fingerprint density at radius 3 is 2.07 bits per heavy atom. The van der Waals surface area contributed by atoms with Crippen molar-refractivity contribution in [2.24, 2.45) is 5.41 Å². The standard InChI is InChI=1S/C10H19NO4/c1-7(2)11(5-6-12)8(13)10(3,4)9(14)15/h7,12H,5-6H2,1-4H3,(H,14,15). The second kappa shape index (κ2) is 5.11. The van der Waals surface area contributed by atoms with E-state index in [1.54, 1.807) is 13.8 Å². The summed E-state index contributed by atoms with van der Waals surface area (Å²) in [6.07, 6.45) is 0. The van der Waals surface area contributed by atoms with Gasteiger partial charge in [0.25, 0.3) is 0 Å². The summed E-state index contributed by atoms with van der Waals surface area (Å²) in [4.78, 5) is 24.1. The highest BCUT2D eigenvalue weighted by atomic mass is 16.4. The van der Waals surface area contributed by atoms with Crippen molar-refractivity contribution in [2.75, 3.05) is 13.2 Å². The average molecular weight is 217 g/mol. The smallest absolute Gasteiger partial charge is 0.318 e. The molecule has 0 rings (SSSR count). The Balaban J connectivity index is 4.85. The van der Waals surface area contributed by atoms with Gasteiger partial charge in [-0.2, -0.15) is 0 Å². The number of carbonyl (C=O) groups is 2. The quantitative estimate of drug-likeness (QED) is 0.650. The summed E-state index contributed by atoms with van der Waals surface area (Å²) in [6.45, 7) is 6.29. The second-order valence-electron chi connectivity index (χ2n) is 4.25. The van der Waals surface area contributed by atoms with Gasteiger partial charge in [0.15, 0.2) is 0 Å². The summed E-state index contributed by atoms with van der Waals surface area (Å²) in [5, 5.41) is 17.7. The highest BCUT2D eigenvalue weighted by Gasteiger charge is 2.39. The molecule has 0 aromatic heterocycles.